The van der Waals surface area contributed by atoms with Crippen molar-refractivity contribution in [3.05, 3.63) is 77.6 Å². The normalized spacial score (nSPS) is 17.6. The topological polar surface area (TPSA) is 69.7 Å². The lowest BCUT2D eigenvalue weighted by molar-refractivity contribution is 0.00578. The van der Waals surface area contributed by atoms with Crippen molar-refractivity contribution in [2.75, 3.05) is 0 Å². The molecule has 1 fully saturated rings. The van der Waals surface area contributed by atoms with Gasteiger partial charge in [0.1, 0.15) is 12.4 Å². The molecule has 2 aromatic carbocycles. The van der Waals surface area contributed by atoms with Crippen LogP contribution in [0.4, 0.5) is 0 Å². The van der Waals surface area contributed by atoms with E-state index in [0.29, 0.717) is 24.5 Å². The highest BCUT2D eigenvalue weighted by Gasteiger charge is 2.51. The van der Waals surface area contributed by atoms with Crippen molar-refractivity contribution in [1.82, 2.24) is 10.3 Å². The van der Waals surface area contributed by atoms with Gasteiger partial charge in [-0.05, 0) is 68.6 Å². The lowest BCUT2D eigenvalue weighted by Gasteiger charge is -2.32. The van der Waals surface area contributed by atoms with E-state index < -0.39 is 18.3 Å². The molecule has 0 bridgehead atoms. The van der Waals surface area contributed by atoms with Crippen molar-refractivity contribution in [2.24, 2.45) is 0 Å². The van der Waals surface area contributed by atoms with Gasteiger partial charge in [-0.1, -0.05) is 24.3 Å². The maximum Gasteiger partial charge on any atom is 0.494 e. The summed E-state index contributed by atoms with van der Waals surface area (Å²) in [6, 6.07) is 15.5. The molecule has 2 aliphatic rings. The van der Waals surface area contributed by atoms with Gasteiger partial charge in [0.2, 0.25) is 0 Å². The van der Waals surface area contributed by atoms with Crippen LogP contribution in [-0.4, -0.2) is 29.2 Å². The zero-order valence-corrected chi connectivity index (χ0v) is 19.3. The van der Waals surface area contributed by atoms with Gasteiger partial charge in [0.05, 0.1) is 11.2 Å². The Bertz CT molecular complexity index is 1210. The van der Waals surface area contributed by atoms with Crippen molar-refractivity contribution >= 4 is 18.5 Å². The Balaban J connectivity index is 1.28. The molecule has 1 amide bonds. The second kappa shape index (κ2) is 8.01. The van der Waals surface area contributed by atoms with E-state index in [0.717, 1.165) is 27.7 Å². The SMILES string of the molecule is CC1(C)OB(c2cccc(CNC(=O)c3ccc4c(c3)OCc3cnccc3-4)c2)OC1(C)C. The number of pyridine rings is 1. The molecule has 7 heteroatoms. The van der Waals surface area contributed by atoms with E-state index in [9.17, 15) is 4.79 Å². The molecule has 5 rings (SSSR count). The summed E-state index contributed by atoms with van der Waals surface area (Å²) in [5.74, 6) is 0.562. The predicted molar refractivity (Wildman–Crippen MR) is 127 cm³/mol. The molecule has 168 valence electrons. The molecule has 1 aromatic heterocycles. The van der Waals surface area contributed by atoms with Crippen molar-refractivity contribution < 1.29 is 18.8 Å². The van der Waals surface area contributed by atoms with Gasteiger partial charge in [-0.15, -0.1) is 0 Å². The summed E-state index contributed by atoms with van der Waals surface area (Å²) in [7, 11) is -0.429. The van der Waals surface area contributed by atoms with E-state index in [1.165, 1.54) is 0 Å². The van der Waals surface area contributed by atoms with Gasteiger partial charge in [0, 0.05) is 35.6 Å². The summed E-state index contributed by atoms with van der Waals surface area (Å²) in [6.45, 7) is 9.00. The number of hydrogen-bond donors (Lipinski definition) is 1. The Hall–Kier alpha value is -3.16. The smallest absolute Gasteiger partial charge is 0.488 e. The summed E-state index contributed by atoms with van der Waals surface area (Å²) in [4.78, 5) is 17.0. The Morgan fingerprint density at radius 3 is 2.61 bits per heavy atom. The lowest BCUT2D eigenvalue weighted by atomic mass is 9.78. The van der Waals surface area contributed by atoms with Gasteiger partial charge in [-0.2, -0.15) is 0 Å². The van der Waals surface area contributed by atoms with Crippen molar-refractivity contribution in [1.29, 1.82) is 0 Å². The molecular formula is C26H27BN2O4. The first kappa shape index (κ1) is 21.7. The molecule has 6 nitrogen and oxygen atoms in total. The summed E-state index contributed by atoms with van der Waals surface area (Å²) in [5.41, 5.74) is 4.81. The number of rotatable bonds is 4. The Morgan fingerprint density at radius 1 is 1.03 bits per heavy atom. The number of nitrogens with one attached hydrogen (secondary N) is 1. The molecule has 2 aliphatic heterocycles. The van der Waals surface area contributed by atoms with Crippen LogP contribution in [0.3, 0.4) is 0 Å². The first-order valence-corrected chi connectivity index (χ1v) is 11.2. The predicted octanol–water partition coefficient (Wildman–Crippen LogP) is 3.87. The molecule has 0 radical (unpaired) electrons. The lowest BCUT2D eigenvalue weighted by Crippen LogP contribution is -2.41. The summed E-state index contributed by atoms with van der Waals surface area (Å²) >= 11 is 0. The Kier molecular flexibility index (Phi) is 5.26. The zero-order valence-electron chi connectivity index (χ0n) is 19.3. The van der Waals surface area contributed by atoms with Crippen LogP contribution < -0.4 is 15.5 Å². The molecule has 3 aromatic rings. The Labute approximate surface area is 194 Å². The van der Waals surface area contributed by atoms with Crippen LogP contribution in [0.5, 0.6) is 5.75 Å². The molecule has 33 heavy (non-hydrogen) atoms. The number of amides is 1. The first-order valence-electron chi connectivity index (χ1n) is 11.2. The maximum atomic E-state index is 12.8. The van der Waals surface area contributed by atoms with Gasteiger partial charge >= 0.3 is 7.12 Å². The molecule has 0 spiro atoms. The number of benzene rings is 2. The zero-order chi connectivity index (χ0) is 23.2. The molecular weight excluding hydrogens is 415 g/mol. The van der Waals surface area contributed by atoms with Gasteiger partial charge in [-0.25, -0.2) is 0 Å². The summed E-state index contributed by atoms with van der Waals surface area (Å²) in [6.07, 6.45) is 3.59. The highest BCUT2D eigenvalue weighted by atomic mass is 16.7. The van der Waals surface area contributed by atoms with Crippen LogP contribution in [0.1, 0.15) is 49.2 Å². The van der Waals surface area contributed by atoms with E-state index in [4.69, 9.17) is 14.0 Å². The minimum absolute atomic E-state index is 0.150. The molecule has 0 unspecified atom stereocenters. The van der Waals surface area contributed by atoms with E-state index in [2.05, 4.69) is 10.3 Å². The highest BCUT2D eigenvalue weighted by Crippen LogP contribution is 2.38. The minimum atomic E-state index is -0.429. The standard InChI is InChI=1S/C26H27BN2O4/c1-25(2)26(3,4)33-27(32-25)20-7-5-6-17(12-20)14-29-24(30)18-8-9-22-21-10-11-28-15-19(21)16-31-23(22)13-18/h5-13,15H,14,16H2,1-4H3,(H,29,30). The average molecular weight is 442 g/mol. The third kappa shape index (κ3) is 4.03. The van der Waals surface area contributed by atoms with Gasteiger partial charge in [0.25, 0.3) is 5.91 Å². The molecule has 3 heterocycles. The van der Waals surface area contributed by atoms with Gasteiger partial charge in [0.15, 0.2) is 0 Å². The van der Waals surface area contributed by atoms with Crippen LogP contribution in [0.25, 0.3) is 11.1 Å². The van der Waals surface area contributed by atoms with Crippen LogP contribution >= 0.6 is 0 Å². The van der Waals surface area contributed by atoms with Gasteiger partial charge in [-0.3, -0.25) is 9.78 Å². The van der Waals surface area contributed by atoms with E-state index in [1.54, 1.807) is 12.3 Å². The number of carbonyl (C=O) groups excluding carboxylic acids is 1. The fourth-order valence-corrected chi connectivity index (χ4v) is 4.08. The monoisotopic (exact) mass is 442 g/mol. The molecule has 0 saturated carbocycles. The largest absolute Gasteiger partial charge is 0.494 e. The van der Waals surface area contributed by atoms with E-state index in [-0.39, 0.29) is 5.91 Å². The van der Waals surface area contributed by atoms with Gasteiger partial charge < -0.3 is 19.4 Å². The number of ether oxygens (including phenoxy) is 1. The van der Waals surface area contributed by atoms with E-state index in [1.807, 2.05) is 76.4 Å². The van der Waals surface area contributed by atoms with Crippen molar-refractivity contribution in [3.8, 4) is 16.9 Å². The molecule has 1 saturated heterocycles. The molecule has 1 N–H and O–H groups in total. The first-order chi connectivity index (χ1) is 15.7. The second-order valence-corrected chi connectivity index (χ2v) is 9.55. The molecule has 0 aliphatic carbocycles. The maximum absolute atomic E-state index is 12.8. The average Bonchev–Trinajstić information content (AvgIpc) is 3.04. The molecule has 0 atom stereocenters. The third-order valence-corrected chi connectivity index (χ3v) is 6.75. The number of hydrogen-bond acceptors (Lipinski definition) is 5. The highest BCUT2D eigenvalue weighted by molar-refractivity contribution is 6.62. The fourth-order valence-electron chi connectivity index (χ4n) is 4.08. The summed E-state index contributed by atoms with van der Waals surface area (Å²) < 4.78 is 18.2. The van der Waals surface area contributed by atoms with Crippen LogP contribution in [-0.2, 0) is 22.5 Å². The Morgan fingerprint density at radius 2 is 1.82 bits per heavy atom. The second-order valence-electron chi connectivity index (χ2n) is 9.55. The quantitative estimate of drug-likeness (QED) is 0.622. The number of nitrogens with zero attached hydrogens (tertiary/aromatic N) is 1. The minimum Gasteiger partial charge on any atom is -0.488 e. The van der Waals surface area contributed by atoms with Crippen molar-refractivity contribution in [3.63, 3.8) is 0 Å². The van der Waals surface area contributed by atoms with E-state index >= 15 is 0 Å². The number of aromatic nitrogens is 1. The number of fused-ring (bicyclic) bond motifs is 3. The van der Waals surface area contributed by atoms with Crippen molar-refractivity contribution in [2.45, 2.75) is 52.0 Å². The van der Waals surface area contributed by atoms with Crippen LogP contribution in [0.2, 0.25) is 0 Å². The third-order valence-electron chi connectivity index (χ3n) is 6.75. The fraction of sp³-hybridized carbons (Fsp3) is 0.308. The van der Waals surface area contributed by atoms with Crippen LogP contribution in [0.15, 0.2) is 60.9 Å². The number of carbonyl (C=O) groups is 1. The van der Waals surface area contributed by atoms with Crippen LogP contribution in [0, 0.1) is 0 Å². The summed E-state index contributed by atoms with van der Waals surface area (Å²) in [5, 5.41) is 3.01.